The predicted molar refractivity (Wildman–Crippen MR) is 83.8 cm³/mol. The third-order valence-corrected chi connectivity index (χ3v) is 3.67. The minimum Gasteiger partial charge on any atom is -0.310 e. The van der Waals surface area contributed by atoms with Crippen LogP contribution in [0.1, 0.15) is 19.4 Å². The first kappa shape index (κ1) is 15.3. The van der Waals surface area contributed by atoms with E-state index in [1.807, 2.05) is 18.2 Å². The van der Waals surface area contributed by atoms with E-state index in [1.54, 1.807) is 6.07 Å². The van der Waals surface area contributed by atoms with Crippen molar-refractivity contribution in [3.8, 4) is 11.1 Å². The molecule has 0 radical (unpaired) electrons. The lowest BCUT2D eigenvalue weighted by Gasteiger charge is -2.12. The Hall–Kier alpha value is -1.09. The molecule has 0 spiro atoms. The summed E-state index contributed by atoms with van der Waals surface area (Å²) in [5.41, 5.74) is 2.73. The van der Waals surface area contributed by atoms with Gasteiger partial charge < -0.3 is 5.32 Å². The van der Waals surface area contributed by atoms with Crippen LogP contribution >= 0.6 is 23.2 Å². The number of hydrogen-bond acceptors (Lipinski definition) is 1. The predicted octanol–water partition coefficient (Wildman–Crippen LogP) is 5.30. The molecule has 2 aromatic rings. The summed E-state index contributed by atoms with van der Waals surface area (Å²) >= 11 is 12.3. The zero-order chi connectivity index (χ0) is 14.7. The summed E-state index contributed by atoms with van der Waals surface area (Å²) in [6, 6.07) is 10.5. The quantitative estimate of drug-likeness (QED) is 0.808. The average Bonchev–Trinajstić information content (AvgIpc) is 2.38. The molecule has 20 heavy (non-hydrogen) atoms. The molecule has 0 fully saturated rings. The van der Waals surface area contributed by atoms with Crippen molar-refractivity contribution in [1.82, 2.24) is 5.32 Å². The van der Waals surface area contributed by atoms with Gasteiger partial charge >= 0.3 is 0 Å². The summed E-state index contributed by atoms with van der Waals surface area (Å²) in [7, 11) is 0. The number of nitrogens with one attached hydrogen (secondary N) is 1. The van der Waals surface area contributed by atoms with E-state index in [0.717, 1.165) is 16.7 Å². The number of halogens is 3. The zero-order valence-electron chi connectivity index (χ0n) is 11.4. The maximum Gasteiger partial charge on any atom is 0.124 e. The second-order valence-electron chi connectivity index (χ2n) is 4.97. The summed E-state index contributed by atoms with van der Waals surface area (Å²) < 4.78 is 13.1. The SMILES string of the molecule is CC(C)NCc1cc(-c2ccc(F)cc2Cl)ccc1Cl. The van der Waals surface area contributed by atoms with Gasteiger partial charge in [0.1, 0.15) is 5.82 Å². The van der Waals surface area contributed by atoms with E-state index in [4.69, 9.17) is 23.2 Å². The fourth-order valence-electron chi connectivity index (χ4n) is 1.92. The van der Waals surface area contributed by atoms with Gasteiger partial charge in [0.15, 0.2) is 0 Å². The third kappa shape index (κ3) is 3.72. The highest BCUT2D eigenvalue weighted by Crippen LogP contribution is 2.31. The van der Waals surface area contributed by atoms with Crippen LogP contribution in [0.2, 0.25) is 10.0 Å². The molecule has 0 saturated carbocycles. The van der Waals surface area contributed by atoms with E-state index in [9.17, 15) is 4.39 Å². The van der Waals surface area contributed by atoms with Gasteiger partial charge in [-0.1, -0.05) is 43.1 Å². The molecule has 0 atom stereocenters. The molecule has 106 valence electrons. The minimum absolute atomic E-state index is 0.339. The van der Waals surface area contributed by atoms with Crippen molar-refractivity contribution in [3.05, 3.63) is 57.8 Å². The number of hydrogen-bond donors (Lipinski definition) is 1. The molecule has 0 saturated heterocycles. The van der Waals surface area contributed by atoms with Gasteiger partial charge in [0, 0.05) is 23.2 Å². The second kappa shape index (κ2) is 6.57. The van der Waals surface area contributed by atoms with Crippen molar-refractivity contribution in [1.29, 1.82) is 0 Å². The van der Waals surface area contributed by atoms with Gasteiger partial charge in [-0.05, 0) is 41.5 Å². The fraction of sp³-hybridized carbons (Fsp3) is 0.250. The molecule has 1 nitrogen and oxygen atoms in total. The summed E-state index contributed by atoms with van der Waals surface area (Å²) in [6.45, 7) is 4.84. The van der Waals surface area contributed by atoms with Gasteiger partial charge in [-0.15, -0.1) is 0 Å². The van der Waals surface area contributed by atoms with Gasteiger partial charge in [-0.3, -0.25) is 0 Å². The van der Waals surface area contributed by atoms with Gasteiger partial charge in [0.05, 0.1) is 5.02 Å². The first-order chi connectivity index (χ1) is 9.47. The molecular formula is C16H16Cl2FN. The maximum atomic E-state index is 13.1. The van der Waals surface area contributed by atoms with Crippen LogP contribution in [0.5, 0.6) is 0 Å². The van der Waals surface area contributed by atoms with Crippen LogP contribution < -0.4 is 5.32 Å². The molecule has 2 rings (SSSR count). The molecule has 2 aromatic carbocycles. The zero-order valence-corrected chi connectivity index (χ0v) is 12.9. The lowest BCUT2D eigenvalue weighted by atomic mass is 10.0. The smallest absolute Gasteiger partial charge is 0.124 e. The Morgan fingerprint density at radius 1 is 1.05 bits per heavy atom. The first-order valence-corrected chi connectivity index (χ1v) is 7.20. The Kier molecular flexibility index (Phi) is 5.03. The topological polar surface area (TPSA) is 12.0 Å². The standard InChI is InChI=1S/C16H16Cl2FN/c1-10(2)20-9-12-7-11(3-6-15(12)17)14-5-4-13(19)8-16(14)18/h3-8,10,20H,9H2,1-2H3. The first-order valence-electron chi connectivity index (χ1n) is 6.44. The highest BCUT2D eigenvalue weighted by atomic mass is 35.5. The van der Waals surface area contributed by atoms with Gasteiger partial charge in [-0.2, -0.15) is 0 Å². The highest BCUT2D eigenvalue weighted by Gasteiger charge is 2.08. The van der Waals surface area contributed by atoms with Crippen molar-refractivity contribution in [2.24, 2.45) is 0 Å². The van der Waals surface area contributed by atoms with Crippen molar-refractivity contribution >= 4 is 23.2 Å². The van der Waals surface area contributed by atoms with Crippen LogP contribution in [0.25, 0.3) is 11.1 Å². The fourth-order valence-corrected chi connectivity index (χ4v) is 2.38. The van der Waals surface area contributed by atoms with Crippen molar-refractivity contribution in [2.75, 3.05) is 0 Å². The summed E-state index contributed by atoms with van der Waals surface area (Å²) in [5, 5.41) is 4.43. The number of benzene rings is 2. The largest absolute Gasteiger partial charge is 0.310 e. The molecule has 0 unspecified atom stereocenters. The van der Waals surface area contributed by atoms with Crippen LogP contribution in [0.3, 0.4) is 0 Å². The third-order valence-electron chi connectivity index (χ3n) is 2.99. The molecular weight excluding hydrogens is 296 g/mol. The van der Waals surface area contributed by atoms with Crippen LogP contribution in [-0.4, -0.2) is 6.04 Å². The molecule has 0 amide bonds. The van der Waals surface area contributed by atoms with Crippen LogP contribution in [-0.2, 0) is 6.54 Å². The monoisotopic (exact) mass is 311 g/mol. The van der Waals surface area contributed by atoms with E-state index < -0.39 is 0 Å². The Morgan fingerprint density at radius 3 is 2.45 bits per heavy atom. The van der Waals surface area contributed by atoms with Crippen LogP contribution in [0.15, 0.2) is 36.4 Å². The van der Waals surface area contributed by atoms with E-state index in [1.165, 1.54) is 12.1 Å². The van der Waals surface area contributed by atoms with E-state index >= 15 is 0 Å². The average molecular weight is 312 g/mol. The minimum atomic E-state index is -0.339. The van der Waals surface area contributed by atoms with E-state index in [0.29, 0.717) is 22.6 Å². The molecule has 0 aromatic heterocycles. The van der Waals surface area contributed by atoms with Gasteiger partial charge in [-0.25, -0.2) is 4.39 Å². The molecule has 1 N–H and O–H groups in total. The van der Waals surface area contributed by atoms with Gasteiger partial charge in [0.2, 0.25) is 0 Å². The van der Waals surface area contributed by atoms with Crippen LogP contribution in [0, 0.1) is 5.82 Å². The normalized spacial score (nSPS) is 11.1. The Balaban J connectivity index is 2.35. The van der Waals surface area contributed by atoms with Gasteiger partial charge in [0.25, 0.3) is 0 Å². The summed E-state index contributed by atoms with van der Waals surface area (Å²) in [4.78, 5) is 0. The van der Waals surface area contributed by atoms with E-state index in [2.05, 4.69) is 19.2 Å². The summed E-state index contributed by atoms with van der Waals surface area (Å²) in [6.07, 6.45) is 0. The molecule has 0 aliphatic rings. The van der Waals surface area contributed by atoms with Crippen molar-refractivity contribution < 1.29 is 4.39 Å². The summed E-state index contributed by atoms with van der Waals surface area (Å²) in [5.74, 6) is -0.339. The lowest BCUT2D eigenvalue weighted by molar-refractivity contribution is 0.589. The van der Waals surface area contributed by atoms with Crippen LogP contribution in [0.4, 0.5) is 4.39 Å². The second-order valence-corrected chi connectivity index (χ2v) is 5.78. The highest BCUT2D eigenvalue weighted by molar-refractivity contribution is 6.33. The Labute approximate surface area is 128 Å². The number of rotatable bonds is 4. The molecule has 0 aliphatic heterocycles. The molecule has 0 aliphatic carbocycles. The van der Waals surface area contributed by atoms with E-state index in [-0.39, 0.29) is 5.82 Å². The van der Waals surface area contributed by atoms with Crippen molar-refractivity contribution in [3.63, 3.8) is 0 Å². The Morgan fingerprint density at radius 2 is 1.80 bits per heavy atom. The Bertz CT molecular complexity index is 611. The lowest BCUT2D eigenvalue weighted by Crippen LogP contribution is -2.21. The molecule has 4 heteroatoms. The molecule has 0 heterocycles. The van der Waals surface area contributed by atoms with Crippen molar-refractivity contribution in [2.45, 2.75) is 26.4 Å². The maximum absolute atomic E-state index is 13.1. The molecule has 0 bridgehead atoms.